The van der Waals surface area contributed by atoms with E-state index >= 15 is 0 Å². The Morgan fingerprint density at radius 2 is 2.06 bits per heavy atom. The maximum Gasteiger partial charge on any atom is 0.325 e. The summed E-state index contributed by atoms with van der Waals surface area (Å²) in [5, 5.41) is 17.2. The fourth-order valence-corrected chi connectivity index (χ4v) is 2.20. The average Bonchev–Trinajstić information content (AvgIpc) is 2.24. The second-order valence-electron chi connectivity index (χ2n) is 3.13. The summed E-state index contributed by atoms with van der Waals surface area (Å²) in [6.45, 7) is -0.990. The minimum atomic E-state index is -4.47. The van der Waals surface area contributed by atoms with E-state index in [1.807, 2.05) is 4.98 Å². The van der Waals surface area contributed by atoms with E-state index in [1.54, 1.807) is 9.71 Å². The highest BCUT2D eigenvalue weighted by atomic mass is 32.2. The number of carbonyl (C=O) groups is 1. The molecule has 0 saturated heterocycles. The molecule has 0 radical (unpaired) electrons. The number of carboxylic acids is 1. The summed E-state index contributed by atoms with van der Waals surface area (Å²) in [5.41, 5.74) is -2.11. The number of hydrogen-bond acceptors (Lipinski definition) is 6. The van der Waals surface area contributed by atoms with Crippen LogP contribution in [-0.2, 0) is 14.8 Å². The third-order valence-electron chi connectivity index (χ3n) is 1.85. The number of hydrogen-bond donors (Lipinski definition) is 5. The van der Waals surface area contributed by atoms with E-state index in [2.05, 4.69) is 0 Å². The summed E-state index contributed by atoms with van der Waals surface area (Å²) >= 11 is 0. The predicted octanol–water partition coefficient (Wildman–Crippen LogP) is -3.21. The van der Waals surface area contributed by atoms with Crippen LogP contribution in [0, 0.1) is 0 Å². The molecule has 1 rings (SSSR count). The van der Waals surface area contributed by atoms with Crippen LogP contribution >= 0.6 is 0 Å². The van der Waals surface area contributed by atoms with Crippen LogP contribution in [0.1, 0.15) is 0 Å². The van der Waals surface area contributed by atoms with Gasteiger partial charge in [0, 0.05) is 6.20 Å². The summed E-state index contributed by atoms with van der Waals surface area (Å²) in [7, 11) is -4.47. The molecule has 11 heteroatoms. The highest BCUT2D eigenvalue weighted by molar-refractivity contribution is 7.89. The van der Waals surface area contributed by atoms with Crippen molar-refractivity contribution in [2.24, 2.45) is 0 Å². The SMILES string of the molecule is O=C(O)[C@@H](CO)NS(=O)(=O)c1c[nH]c(=O)[nH]c1=O. The first-order chi connectivity index (χ1) is 8.27. The van der Waals surface area contributed by atoms with E-state index in [9.17, 15) is 22.8 Å². The molecule has 18 heavy (non-hydrogen) atoms. The minimum absolute atomic E-state index is 0.625. The number of H-pyrrole nitrogens is 2. The predicted molar refractivity (Wildman–Crippen MR) is 56.5 cm³/mol. The lowest BCUT2D eigenvalue weighted by atomic mass is 10.3. The van der Waals surface area contributed by atoms with Gasteiger partial charge in [0.05, 0.1) is 6.61 Å². The lowest BCUT2D eigenvalue weighted by molar-refractivity contribution is -0.139. The molecule has 0 unspecified atom stereocenters. The van der Waals surface area contributed by atoms with E-state index in [0.717, 1.165) is 0 Å². The van der Waals surface area contributed by atoms with Gasteiger partial charge in [-0.2, -0.15) is 4.72 Å². The maximum absolute atomic E-state index is 11.6. The van der Waals surface area contributed by atoms with Gasteiger partial charge < -0.3 is 15.2 Å². The molecule has 0 aromatic carbocycles. The van der Waals surface area contributed by atoms with Crippen molar-refractivity contribution in [2.75, 3.05) is 6.61 Å². The molecule has 1 aromatic rings. The van der Waals surface area contributed by atoms with Gasteiger partial charge in [-0.15, -0.1) is 0 Å². The fraction of sp³-hybridized carbons (Fsp3) is 0.286. The van der Waals surface area contributed by atoms with Gasteiger partial charge in [0.2, 0.25) is 10.0 Å². The first kappa shape index (κ1) is 14.1. The van der Waals surface area contributed by atoms with E-state index < -0.39 is 44.8 Å². The largest absolute Gasteiger partial charge is 0.480 e. The van der Waals surface area contributed by atoms with Crippen molar-refractivity contribution in [3.8, 4) is 0 Å². The molecule has 0 fully saturated rings. The molecule has 1 aromatic heterocycles. The fourth-order valence-electron chi connectivity index (χ4n) is 1.01. The van der Waals surface area contributed by atoms with Crippen molar-refractivity contribution in [3.63, 3.8) is 0 Å². The van der Waals surface area contributed by atoms with Gasteiger partial charge in [0.1, 0.15) is 6.04 Å². The number of aliphatic hydroxyl groups excluding tert-OH is 1. The maximum atomic E-state index is 11.6. The van der Waals surface area contributed by atoms with Gasteiger partial charge in [0.25, 0.3) is 5.56 Å². The van der Waals surface area contributed by atoms with Crippen LogP contribution in [0.3, 0.4) is 0 Å². The normalized spacial score (nSPS) is 13.2. The second-order valence-corrected chi connectivity index (χ2v) is 4.81. The number of rotatable bonds is 5. The van der Waals surface area contributed by atoms with Gasteiger partial charge in [0.15, 0.2) is 4.90 Å². The van der Waals surface area contributed by atoms with Gasteiger partial charge in [-0.3, -0.25) is 14.6 Å². The standard InChI is InChI=1S/C7H9N3O7S/c11-2-3(6(13)14)10-18(16,17)4-1-8-7(15)9-5(4)12/h1,3,10-11H,2H2,(H,13,14)(H2,8,9,12,15)/t3-/m1/s1. The van der Waals surface area contributed by atoms with Crippen molar-refractivity contribution in [2.45, 2.75) is 10.9 Å². The van der Waals surface area contributed by atoms with Gasteiger partial charge >= 0.3 is 11.7 Å². The Balaban J connectivity index is 3.18. The minimum Gasteiger partial charge on any atom is -0.480 e. The van der Waals surface area contributed by atoms with Crippen molar-refractivity contribution in [3.05, 3.63) is 27.0 Å². The highest BCUT2D eigenvalue weighted by Crippen LogP contribution is 2.00. The average molecular weight is 279 g/mol. The van der Waals surface area contributed by atoms with E-state index in [0.29, 0.717) is 6.20 Å². The molecular weight excluding hydrogens is 270 g/mol. The van der Waals surface area contributed by atoms with E-state index in [1.165, 1.54) is 0 Å². The van der Waals surface area contributed by atoms with Crippen molar-refractivity contribution >= 4 is 16.0 Å². The molecule has 1 atom stereocenters. The van der Waals surface area contributed by atoms with E-state index in [-0.39, 0.29) is 0 Å². The topological polar surface area (TPSA) is 169 Å². The second kappa shape index (κ2) is 5.12. The number of sulfonamides is 1. The van der Waals surface area contributed by atoms with Crippen molar-refractivity contribution in [1.82, 2.24) is 14.7 Å². The van der Waals surface area contributed by atoms with Gasteiger partial charge in [-0.1, -0.05) is 0 Å². The lowest BCUT2D eigenvalue weighted by Crippen LogP contribution is -2.45. The smallest absolute Gasteiger partial charge is 0.325 e. The van der Waals surface area contributed by atoms with Crippen LogP contribution in [0.15, 0.2) is 20.7 Å². The number of aliphatic carboxylic acids is 1. The molecule has 0 aliphatic heterocycles. The van der Waals surface area contributed by atoms with Crippen LogP contribution in [0.4, 0.5) is 0 Å². The molecule has 0 bridgehead atoms. The molecule has 0 spiro atoms. The van der Waals surface area contributed by atoms with Crippen molar-refractivity contribution in [1.29, 1.82) is 0 Å². The lowest BCUT2D eigenvalue weighted by Gasteiger charge is -2.11. The third-order valence-corrected chi connectivity index (χ3v) is 3.33. The first-order valence-electron chi connectivity index (χ1n) is 4.46. The quantitative estimate of drug-likeness (QED) is 0.377. The molecule has 100 valence electrons. The summed E-state index contributed by atoms with van der Waals surface area (Å²) < 4.78 is 24.8. The Kier molecular flexibility index (Phi) is 4.00. The number of aromatic nitrogens is 2. The van der Waals surface area contributed by atoms with Gasteiger partial charge in [-0.05, 0) is 0 Å². The molecular formula is C7H9N3O7S. The number of nitrogens with one attached hydrogen (secondary N) is 3. The zero-order valence-electron chi connectivity index (χ0n) is 8.71. The monoisotopic (exact) mass is 279 g/mol. The Morgan fingerprint density at radius 3 is 2.50 bits per heavy atom. The number of aromatic amines is 2. The Labute approximate surface area is 99.3 Å². The van der Waals surface area contributed by atoms with Crippen LogP contribution in [0.25, 0.3) is 0 Å². The molecule has 0 aliphatic carbocycles. The summed E-state index contributed by atoms with van der Waals surface area (Å²) in [6.07, 6.45) is 0.625. The van der Waals surface area contributed by atoms with Crippen LogP contribution in [0.2, 0.25) is 0 Å². The Bertz CT molecular complexity index is 658. The van der Waals surface area contributed by atoms with E-state index in [4.69, 9.17) is 10.2 Å². The molecule has 0 amide bonds. The molecule has 0 aliphatic rings. The Hall–Kier alpha value is -1.98. The van der Waals surface area contributed by atoms with Gasteiger partial charge in [-0.25, -0.2) is 13.2 Å². The summed E-state index contributed by atoms with van der Waals surface area (Å²) in [6, 6.07) is -1.79. The highest BCUT2D eigenvalue weighted by Gasteiger charge is 2.26. The molecule has 0 saturated carbocycles. The molecule has 1 heterocycles. The molecule has 5 N–H and O–H groups in total. The van der Waals surface area contributed by atoms with Crippen LogP contribution in [0.5, 0.6) is 0 Å². The number of aliphatic hydroxyl groups is 1. The molecule has 10 nitrogen and oxygen atoms in total. The zero-order chi connectivity index (χ0) is 13.9. The Morgan fingerprint density at radius 1 is 1.44 bits per heavy atom. The van der Waals surface area contributed by atoms with Crippen LogP contribution in [-0.4, -0.2) is 47.2 Å². The summed E-state index contributed by atoms with van der Waals surface area (Å²) in [4.78, 5) is 35.2. The van der Waals surface area contributed by atoms with Crippen LogP contribution < -0.4 is 16.0 Å². The third kappa shape index (κ3) is 3.03. The zero-order valence-corrected chi connectivity index (χ0v) is 9.52. The number of carboxylic acid groups (broad SMARTS) is 1. The first-order valence-corrected chi connectivity index (χ1v) is 5.94. The summed E-state index contributed by atoms with van der Waals surface area (Å²) in [5.74, 6) is -1.61. The van der Waals surface area contributed by atoms with Crippen molar-refractivity contribution < 1.29 is 23.4 Å².